The number of carboxylic acid groups (broad SMARTS) is 1. The molecule has 9 heterocycles. The van der Waals surface area contributed by atoms with Gasteiger partial charge in [0.25, 0.3) is 0 Å². The molecule has 9 aromatic heterocycles. The SMILES string of the molecule is CC(=O)c1ccon1.CCOC(=O)c1cc(-c2ccon2)n(Cc2ccccc2F)n1.Cl.N#Cc1cc(-c2ccon2)n(Cc2ccccc2F)n1.N=C(N)c1cc(-c2ccon2)n(Cc2ccccc2F)n1.NNCc1ccccc1F.O=C(O)c1cc(-c2ccon2)n(Cc2ccccc2F)n1.[Li+].[OH-]. The number of carbonyl (C=O) groups excluding carboxylic acids is 2. The maximum absolute atomic E-state index is 13.9. The number of hydrazine groups is 1. The van der Waals surface area contributed by atoms with E-state index in [0.717, 1.165) is 0 Å². The van der Waals surface area contributed by atoms with Gasteiger partial charge < -0.3 is 43.7 Å². The second-order valence-electron chi connectivity index (χ2n) is 21.2. The zero-order chi connectivity index (χ0) is 73.2. The summed E-state index contributed by atoms with van der Waals surface area (Å²) in [5, 5.41) is 60.7. The number of Topliss-reactive ketones (excluding diaryl/α,β-unsaturated/α-hetero) is 1. The molecule has 540 valence electrons. The molecule has 0 aliphatic carbocycles. The minimum atomic E-state index is -1.16. The monoisotopic (exact) mass is 1470 g/mol. The number of benzene rings is 5. The largest absolute Gasteiger partial charge is 1.00 e. The van der Waals surface area contributed by atoms with Gasteiger partial charge in [0.05, 0.1) is 55.6 Å². The number of halogens is 6. The molecule has 0 unspecified atom stereocenters. The number of ketones is 1. The van der Waals surface area contributed by atoms with Crippen LogP contribution in [0.4, 0.5) is 22.0 Å². The van der Waals surface area contributed by atoms with Crippen molar-refractivity contribution in [2.24, 2.45) is 11.6 Å². The molecule has 0 aliphatic heterocycles. The van der Waals surface area contributed by atoms with E-state index in [1.165, 1.54) is 94.7 Å². The van der Waals surface area contributed by atoms with Crippen molar-refractivity contribution >= 4 is 36.0 Å². The van der Waals surface area contributed by atoms with E-state index >= 15 is 0 Å². The van der Waals surface area contributed by atoms with Crippen LogP contribution in [-0.2, 0) is 37.5 Å². The number of rotatable bonds is 19. The van der Waals surface area contributed by atoms with Crippen LogP contribution in [0.5, 0.6) is 0 Å². The summed E-state index contributed by atoms with van der Waals surface area (Å²) < 4.78 is 102. The van der Waals surface area contributed by atoms with Crippen molar-refractivity contribution in [3.63, 3.8) is 0 Å². The number of hydrogen-bond donors (Lipinski definition) is 5. The maximum Gasteiger partial charge on any atom is 1.00 e. The van der Waals surface area contributed by atoms with Gasteiger partial charge in [-0.3, -0.25) is 40.2 Å². The fraction of sp³-hybridized carbons (Fsp3) is 0.114. The van der Waals surface area contributed by atoms with Crippen molar-refractivity contribution < 1.29 is 93.1 Å². The Morgan fingerprint density at radius 3 is 1.12 bits per heavy atom. The van der Waals surface area contributed by atoms with E-state index in [2.05, 4.69) is 56.1 Å². The van der Waals surface area contributed by atoms with Crippen molar-refractivity contribution in [3.05, 3.63) is 293 Å². The summed E-state index contributed by atoms with van der Waals surface area (Å²) in [5.74, 6) is 1.51. The Hall–Kier alpha value is -13.0. The fourth-order valence-electron chi connectivity index (χ4n) is 9.25. The van der Waals surface area contributed by atoms with Gasteiger partial charge in [0.2, 0.25) is 0 Å². The first-order chi connectivity index (χ1) is 49.9. The third-order valence-corrected chi connectivity index (χ3v) is 14.2. The van der Waals surface area contributed by atoms with Gasteiger partial charge in [0.15, 0.2) is 22.9 Å². The van der Waals surface area contributed by atoms with Crippen molar-refractivity contribution in [2.75, 3.05) is 6.61 Å². The predicted octanol–water partition coefficient (Wildman–Crippen LogP) is 8.85. The zero-order valence-corrected chi connectivity index (χ0v) is 57.0. The van der Waals surface area contributed by atoms with Gasteiger partial charge in [-0.25, -0.2) is 31.5 Å². The normalized spacial score (nSPS) is 10.1. The molecule has 5 aromatic carbocycles. The van der Waals surface area contributed by atoms with Gasteiger partial charge in [-0.1, -0.05) is 117 Å². The van der Waals surface area contributed by atoms with E-state index in [9.17, 15) is 36.3 Å². The Morgan fingerprint density at radius 1 is 0.500 bits per heavy atom. The number of nitriles is 1. The van der Waals surface area contributed by atoms with Crippen LogP contribution in [0.2, 0.25) is 0 Å². The summed E-state index contributed by atoms with van der Waals surface area (Å²) in [5.41, 5.74) is 15.5. The van der Waals surface area contributed by atoms with E-state index in [0.29, 0.717) is 91.3 Å². The molecule has 106 heavy (non-hydrogen) atoms. The van der Waals surface area contributed by atoms with Crippen LogP contribution in [0, 0.1) is 45.8 Å². The smallest absolute Gasteiger partial charge is 0.870 e. The molecule has 0 bridgehead atoms. The molecule has 0 aliphatic rings. The number of nitrogens with two attached hydrogens (primary N) is 2. The van der Waals surface area contributed by atoms with Crippen LogP contribution in [-0.4, -0.2) is 106 Å². The number of ether oxygens (including phenoxy) is 1. The van der Waals surface area contributed by atoms with Gasteiger partial charge in [-0.2, -0.15) is 25.7 Å². The molecule has 8 N–H and O–H groups in total. The first-order valence-electron chi connectivity index (χ1n) is 30.5. The molecule has 29 nitrogen and oxygen atoms in total. The van der Waals surface area contributed by atoms with Crippen LogP contribution in [0.15, 0.2) is 230 Å². The third-order valence-electron chi connectivity index (χ3n) is 14.2. The fourth-order valence-corrected chi connectivity index (χ4v) is 9.25. The minimum absolute atomic E-state index is 0. The van der Waals surface area contributed by atoms with E-state index in [-0.39, 0.29) is 127 Å². The molecule has 0 atom stereocenters. The topological polar surface area (TPSA) is 424 Å². The first kappa shape index (κ1) is 81.9. The molecule has 14 aromatic rings. The predicted molar refractivity (Wildman–Crippen MR) is 365 cm³/mol. The van der Waals surface area contributed by atoms with Crippen LogP contribution in [0.25, 0.3) is 45.6 Å². The van der Waals surface area contributed by atoms with E-state index < -0.39 is 11.9 Å². The molecule has 0 fully saturated rings. The standard InChI is InChI=1S/C16H14FN3O3.C14H12FN5O.C14H9FN4O.C14H10FN3O3.C7H9FN2.C5H5NO2.ClH.Li.H2O/c1-2-22-16(21)14-9-15(13-7-8-23-19-13)20(18-14)10-11-5-3-4-6-12(11)17;15-10-4-2-1-3-9(10)8-20-13(11-5-6-21-19-11)7-12(18-20)14(16)17;15-12-4-2-1-3-10(12)9-19-14(7-11(8-16)17-19)13-5-6-20-18-13;15-10-4-2-1-3-9(10)8-18-13(11-5-6-21-17-11)7-12(16-18)14(19)20;8-7-4-2-1-3-6(7)5-10-9;1-4(7)5-2-3-8-6-5;;;/h3-9H,2,10H2,1H3;1-7H,8H2,(H3,16,17);1-7H,9H2;1-7H,8H2,(H,19,20);1-4,10H,5,9H2;2-3H,1H3;1H;;1H2/q;;;;;;;+1;/p-1. The van der Waals surface area contributed by atoms with Crippen LogP contribution in [0.1, 0.15) is 84.5 Å². The molecule has 0 saturated carbocycles. The second-order valence-corrected chi connectivity index (χ2v) is 21.2. The molecule has 14 rings (SSSR count). The van der Waals surface area contributed by atoms with Crippen LogP contribution < -0.4 is 35.9 Å². The number of esters is 1. The summed E-state index contributed by atoms with van der Waals surface area (Å²) in [6, 6.07) is 48.3. The van der Waals surface area contributed by atoms with Gasteiger partial charge >= 0.3 is 30.8 Å². The van der Waals surface area contributed by atoms with Crippen molar-refractivity contribution in [1.29, 1.82) is 10.7 Å². The number of nitrogens with one attached hydrogen (secondary N) is 2. The number of carbonyl (C=O) groups is 3. The number of nitrogen functional groups attached to an aromatic ring is 1. The summed E-state index contributed by atoms with van der Waals surface area (Å²) in [6.45, 7) is 4.46. The number of nitrogens with zero attached hydrogens (tertiary/aromatic N) is 14. The average molecular weight is 1470 g/mol. The Kier molecular flexibility index (Phi) is 31.4. The van der Waals surface area contributed by atoms with Gasteiger partial charge in [0, 0.05) is 89.8 Å². The Bertz CT molecular complexity index is 4970. The number of aromatic nitrogens is 13. The van der Waals surface area contributed by atoms with E-state index in [4.69, 9.17) is 50.2 Å². The Morgan fingerprint density at radius 2 is 0.821 bits per heavy atom. The summed E-state index contributed by atoms with van der Waals surface area (Å²) >= 11 is 0. The van der Waals surface area contributed by atoms with Gasteiger partial charge in [-0.05, 0) is 43.3 Å². The van der Waals surface area contributed by atoms with Gasteiger partial charge in [-0.15, -0.1) is 12.4 Å². The molecule has 36 heteroatoms. The van der Waals surface area contributed by atoms with Gasteiger partial charge in [0.1, 0.15) is 106 Å². The molecular weight excluding hydrogens is 1410 g/mol. The Balaban J connectivity index is 0.000000204. The number of carboxylic acids is 1. The van der Waals surface area contributed by atoms with Crippen LogP contribution in [0.3, 0.4) is 0 Å². The molecule has 0 amide bonds. The van der Waals surface area contributed by atoms with E-state index in [1.54, 1.807) is 145 Å². The summed E-state index contributed by atoms with van der Waals surface area (Å²) in [6.07, 6.45) is 7.03. The Labute approximate surface area is 616 Å². The zero-order valence-electron chi connectivity index (χ0n) is 56.2. The first-order valence-corrected chi connectivity index (χ1v) is 30.5. The molecular formula is C70H61ClF5LiN18O11. The third kappa shape index (κ3) is 22.5. The minimum Gasteiger partial charge on any atom is -0.870 e. The second kappa shape index (κ2) is 40.6. The molecule has 0 spiro atoms. The average Bonchev–Trinajstić information content (AvgIpc) is 1.69. The van der Waals surface area contributed by atoms with Crippen LogP contribution >= 0.6 is 12.4 Å². The summed E-state index contributed by atoms with van der Waals surface area (Å²) in [4.78, 5) is 33.3. The van der Waals surface area contributed by atoms with Crippen molar-refractivity contribution in [3.8, 4) is 51.6 Å². The van der Waals surface area contributed by atoms with Crippen molar-refractivity contribution in [2.45, 2.75) is 46.6 Å². The maximum atomic E-state index is 13.9. The quantitative estimate of drug-likeness (QED) is 0.00737. The van der Waals surface area contributed by atoms with E-state index in [1.807, 2.05) is 6.07 Å². The molecule has 0 radical (unpaired) electrons. The number of hydrogen-bond acceptors (Lipinski definition) is 23. The number of amidine groups is 1. The summed E-state index contributed by atoms with van der Waals surface area (Å²) in [7, 11) is 0. The number of aromatic carboxylic acids is 1. The van der Waals surface area contributed by atoms with Crippen molar-refractivity contribution in [1.82, 2.24) is 70.3 Å². The molecule has 0 saturated heterocycles.